The van der Waals surface area contributed by atoms with Gasteiger partial charge in [-0.2, -0.15) is 0 Å². The minimum absolute atomic E-state index is 0.0318. The maximum absolute atomic E-state index is 13.8. The van der Waals surface area contributed by atoms with Crippen molar-refractivity contribution in [2.75, 3.05) is 12.4 Å². The predicted molar refractivity (Wildman–Crippen MR) is 152 cm³/mol. The number of hydrogen-bond donors (Lipinski definition) is 1. The standard InChI is InChI=1S/C29H25ClN2O6S2/c1-18(33)37-16-21-17-40-28-29(30,31-23(34)15-22-13-8-14-39-22)27(36)32(28)24(21)26(35)38-25(19-9-4-2-5-10-19)20-11-6-3-7-12-20/h2-14,25,28H,15-17H2,1H3,(H,31,34)/t28-,29+/m1/s1. The second-order valence-corrected chi connectivity index (χ2v) is 11.9. The van der Waals surface area contributed by atoms with Crippen molar-refractivity contribution in [1.82, 2.24) is 10.2 Å². The van der Waals surface area contributed by atoms with Gasteiger partial charge in [-0.25, -0.2) is 4.79 Å². The van der Waals surface area contributed by atoms with E-state index in [1.54, 1.807) is 0 Å². The van der Waals surface area contributed by atoms with E-state index in [1.165, 1.54) is 34.9 Å². The summed E-state index contributed by atoms with van der Waals surface area (Å²) in [7, 11) is 0. The zero-order valence-electron chi connectivity index (χ0n) is 21.4. The number of esters is 2. The molecule has 1 N–H and O–H groups in total. The Morgan fingerprint density at radius 1 is 1.05 bits per heavy atom. The molecule has 2 aliphatic rings. The van der Waals surface area contributed by atoms with Crippen LogP contribution in [0.2, 0.25) is 0 Å². The first-order chi connectivity index (χ1) is 19.3. The Hall–Kier alpha value is -3.60. The summed E-state index contributed by atoms with van der Waals surface area (Å²) in [6.45, 7) is 1.07. The van der Waals surface area contributed by atoms with Crippen LogP contribution in [0.4, 0.5) is 0 Å². The van der Waals surface area contributed by atoms with Crippen LogP contribution in [0.25, 0.3) is 0 Å². The van der Waals surface area contributed by atoms with E-state index in [2.05, 4.69) is 5.32 Å². The normalized spacial score (nSPS) is 20.0. The number of halogens is 1. The zero-order valence-corrected chi connectivity index (χ0v) is 23.8. The van der Waals surface area contributed by atoms with Gasteiger partial charge in [0.2, 0.25) is 10.9 Å². The first-order valence-corrected chi connectivity index (χ1v) is 14.7. The van der Waals surface area contributed by atoms with E-state index < -0.39 is 40.2 Å². The van der Waals surface area contributed by atoms with Crippen LogP contribution in [-0.2, 0) is 35.1 Å². The summed E-state index contributed by atoms with van der Waals surface area (Å²) in [5, 5.41) is 3.76. The molecule has 0 saturated carbocycles. The highest BCUT2D eigenvalue weighted by atomic mass is 35.5. The molecule has 0 bridgehead atoms. The lowest BCUT2D eigenvalue weighted by atomic mass is 10.00. The average molecular weight is 597 g/mol. The highest BCUT2D eigenvalue weighted by molar-refractivity contribution is 8.00. The van der Waals surface area contributed by atoms with E-state index in [0.717, 1.165) is 16.0 Å². The Kier molecular flexibility index (Phi) is 8.30. The van der Waals surface area contributed by atoms with Crippen LogP contribution in [0.15, 0.2) is 89.4 Å². The van der Waals surface area contributed by atoms with Gasteiger partial charge in [-0.15, -0.1) is 23.1 Å². The number of nitrogens with one attached hydrogen (secondary N) is 1. The van der Waals surface area contributed by atoms with Gasteiger partial charge in [0.1, 0.15) is 17.7 Å². The van der Waals surface area contributed by atoms with Gasteiger partial charge in [-0.1, -0.05) is 78.3 Å². The zero-order chi connectivity index (χ0) is 28.3. The van der Waals surface area contributed by atoms with Crippen LogP contribution in [-0.4, -0.2) is 51.4 Å². The molecule has 5 rings (SSSR count). The summed E-state index contributed by atoms with van der Waals surface area (Å²) in [6.07, 6.45) is -0.678. The lowest BCUT2D eigenvalue weighted by molar-refractivity contribution is -0.157. The molecular weight excluding hydrogens is 572 g/mol. The maximum atomic E-state index is 13.8. The molecule has 40 heavy (non-hydrogen) atoms. The molecule has 3 aromatic rings. The fourth-order valence-corrected chi connectivity index (χ4v) is 7.05. The summed E-state index contributed by atoms with van der Waals surface area (Å²) in [6, 6.07) is 22.2. The molecule has 206 valence electrons. The molecule has 0 aliphatic carbocycles. The van der Waals surface area contributed by atoms with Crippen LogP contribution in [0.3, 0.4) is 0 Å². The van der Waals surface area contributed by atoms with Crippen LogP contribution in [0.1, 0.15) is 29.0 Å². The number of amides is 2. The SMILES string of the molecule is CC(=O)OCC1=C(C(=O)OC(c2ccccc2)c2ccccc2)N2C(=O)[C@](Cl)(NC(=O)Cc3cccs3)[C@H]2SC1. The van der Waals surface area contributed by atoms with Crippen molar-refractivity contribution in [2.45, 2.75) is 29.8 Å². The molecule has 0 spiro atoms. The largest absolute Gasteiger partial charge is 0.461 e. The van der Waals surface area contributed by atoms with Gasteiger partial charge in [0.05, 0.1) is 6.42 Å². The average Bonchev–Trinajstić information content (AvgIpc) is 3.47. The third-order valence-electron chi connectivity index (χ3n) is 6.40. The molecule has 11 heteroatoms. The third-order valence-corrected chi connectivity index (χ3v) is 9.27. The van der Waals surface area contributed by atoms with Crippen molar-refractivity contribution in [1.29, 1.82) is 0 Å². The van der Waals surface area contributed by atoms with Crippen LogP contribution < -0.4 is 5.32 Å². The number of hydrogen-bond acceptors (Lipinski definition) is 8. The molecule has 3 heterocycles. The summed E-state index contributed by atoms with van der Waals surface area (Å²) in [5.41, 5.74) is 1.87. The molecule has 1 saturated heterocycles. The smallest absolute Gasteiger partial charge is 0.356 e. The molecule has 2 aliphatic heterocycles. The van der Waals surface area contributed by atoms with Crippen molar-refractivity contribution in [3.63, 3.8) is 0 Å². The predicted octanol–water partition coefficient (Wildman–Crippen LogP) is 4.41. The monoisotopic (exact) mass is 596 g/mol. The summed E-state index contributed by atoms with van der Waals surface area (Å²) in [4.78, 5) is 52.0. The van der Waals surface area contributed by atoms with Gasteiger partial charge in [0.15, 0.2) is 6.10 Å². The number of β-lactam (4-membered cyclic amide) rings is 1. The number of carbonyl (C=O) groups is 4. The highest BCUT2D eigenvalue weighted by Crippen LogP contribution is 2.49. The molecule has 2 atom stereocenters. The minimum atomic E-state index is -1.73. The molecule has 2 amide bonds. The Bertz CT molecular complexity index is 1410. The molecule has 0 radical (unpaired) electrons. The molecular formula is C29H25ClN2O6S2. The van der Waals surface area contributed by atoms with Gasteiger partial charge in [0, 0.05) is 23.1 Å². The lowest BCUT2D eigenvalue weighted by Crippen LogP contribution is -2.77. The Labute approximate surface area is 244 Å². The maximum Gasteiger partial charge on any atom is 0.356 e. The van der Waals surface area contributed by atoms with Crippen molar-refractivity contribution in [3.8, 4) is 0 Å². The molecule has 1 fully saturated rings. The van der Waals surface area contributed by atoms with Gasteiger partial charge in [-0.05, 0) is 22.6 Å². The van der Waals surface area contributed by atoms with Crippen LogP contribution in [0.5, 0.6) is 0 Å². The van der Waals surface area contributed by atoms with Gasteiger partial charge < -0.3 is 14.8 Å². The van der Waals surface area contributed by atoms with Gasteiger partial charge >= 0.3 is 11.9 Å². The number of thioether (sulfide) groups is 1. The number of fused-ring (bicyclic) bond motifs is 1. The molecule has 8 nitrogen and oxygen atoms in total. The molecule has 1 aromatic heterocycles. The second kappa shape index (κ2) is 11.9. The van der Waals surface area contributed by atoms with Crippen molar-refractivity contribution in [3.05, 3.63) is 105 Å². The number of rotatable bonds is 9. The van der Waals surface area contributed by atoms with Crippen molar-refractivity contribution < 1.29 is 28.7 Å². The quantitative estimate of drug-likeness (QED) is 0.169. The summed E-state index contributed by atoms with van der Waals surface area (Å²) >= 11 is 9.41. The fourth-order valence-electron chi connectivity index (χ4n) is 4.55. The lowest BCUT2D eigenvalue weighted by Gasteiger charge is -2.54. The van der Waals surface area contributed by atoms with Crippen molar-refractivity contribution >= 4 is 58.5 Å². The minimum Gasteiger partial charge on any atom is -0.461 e. The topological polar surface area (TPSA) is 102 Å². The summed E-state index contributed by atoms with van der Waals surface area (Å²) in [5.74, 6) is -2.11. The van der Waals surface area contributed by atoms with Gasteiger partial charge in [0.25, 0.3) is 5.91 Å². The number of nitrogens with zero attached hydrogens (tertiary/aromatic N) is 1. The number of thiophene rings is 1. The van der Waals surface area contributed by atoms with Crippen LogP contribution in [0, 0.1) is 0 Å². The Morgan fingerprint density at radius 3 is 2.27 bits per heavy atom. The van der Waals surface area contributed by atoms with E-state index in [0.29, 0.717) is 5.57 Å². The summed E-state index contributed by atoms with van der Waals surface area (Å²) < 4.78 is 11.2. The van der Waals surface area contributed by atoms with E-state index in [4.69, 9.17) is 21.1 Å². The molecule has 2 aromatic carbocycles. The second-order valence-electron chi connectivity index (χ2n) is 9.19. The third kappa shape index (κ3) is 5.65. The van der Waals surface area contributed by atoms with Crippen molar-refractivity contribution in [2.24, 2.45) is 0 Å². The first kappa shape index (κ1) is 27.9. The number of benzene rings is 2. The Balaban J connectivity index is 1.43. The first-order valence-electron chi connectivity index (χ1n) is 12.4. The van der Waals surface area contributed by atoms with E-state index >= 15 is 0 Å². The number of alkyl halides is 1. The fraction of sp³-hybridized carbons (Fsp3) is 0.241. The number of carbonyl (C=O) groups excluding carboxylic acids is 4. The van der Waals surface area contributed by atoms with E-state index in [9.17, 15) is 19.2 Å². The van der Waals surface area contributed by atoms with Crippen LogP contribution >= 0.6 is 34.7 Å². The molecule has 0 unspecified atom stereocenters. The van der Waals surface area contributed by atoms with E-state index in [-0.39, 0.29) is 24.5 Å². The van der Waals surface area contributed by atoms with E-state index in [1.807, 2.05) is 78.2 Å². The Morgan fingerprint density at radius 2 is 1.70 bits per heavy atom. The number of ether oxygens (including phenoxy) is 2. The highest BCUT2D eigenvalue weighted by Gasteiger charge is 2.65. The van der Waals surface area contributed by atoms with Gasteiger partial charge in [-0.3, -0.25) is 19.3 Å².